The number of thioether (sulfide) groups is 1. The van der Waals surface area contributed by atoms with Gasteiger partial charge in [-0.1, -0.05) is 11.6 Å². The van der Waals surface area contributed by atoms with E-state index in [1.807, 2.05) is 12.1 Å². The fourth-order valence-corrected chi connectivity index (χ4v) is 3.78. The maximum Gasteiger partial charge on any atom is 0.247 e. The highest BCUT2D eigenvalue weighted by atomic mass is 35.5. The number of amides is 2. The third-order valence-electron chi connectivity index (χ3n) is 3.83. The lowest BCUT2D eigenvalue weighted by Gasteiger charge is -2.18. The van der Waals surface area contributed by atoms with Crippen molar-refractivity contribution in [3.8, 4) is 11.5 Å². The van der Waals surface area contributed by atoms with Gasteiger partial charge in [-0.2, -0.15) is 0 Å². The average Bonchev–Trinajstić information content (AvgIpc) is 2.90. The molecule has 130 valence electrons. The molecule has 1 heterocycles. The van der Waals surface area contributed by atoms with E-state index in [0.29, 0.717) is 22.2 Å². The molecule has 0 bridgehead atoms. The van der Waals surface area contributed by atoms with Gasteiger partial charge < -0.3 is 9.47 Å². The number of carbonyl (C=O) groups excluding carboxylic acids is 2. The monoisotopic (exact) mass is 377 g/mol. The van der Waals surface area contributed by atoms with Gasteiger partial charge in [-0.3, -0.25) is 9.59 Å². The van der Waals surface area contributed by atoms with Crippen molar-refractivity contribution in [3.63, 3.8) is 0 Å². The van der Waals surface area contributed by atoms with Crippen molar-refractivity contribution in [1.82, 2.24) is 0 Å². The van der Waals surface area contributed by atoms with E-state index in [9.17, 15) is 9.59 Å². The third kappa shape index (κ3) is 3.60. The van der Waals surface area contributed by atoms with Gasteiger partial charge in [-0.25, -0.2) is 4.90 Å². The Balaban J connectivity index is 1.85. The van der Waals surface area contributed by atoms with Gasteiger partial charge in [0, 0.05) is 22.4 Å². The topological polar surface area (TPSA) is 55.8 Å². The molecule has 0 radical (unpaired) electrons. The Bertz CT molecular complexity index is 809. The number of benzene rings is 2. The zero-order valence-electron chi connectivity index (χ0n) is 13.7. The summed E-state index contributed by atoms with van der Waals surface area (Å²) in [5.74, 6) is 0.498. The molecule has 1 saturated heterocycles. The first kappa shape index (κ1) is 17.6. The highest BCUT2D eigenvalue weighted by molar-refractivity contribution is 8.00. The maximum absolute atomic E-state index is 12.8. The van der Waals surface area contributed by atoms with Crippen LogP contribution in [0.15, 0.2) is 47.4 Å². The Hall–Kier alpha value is -2.18. The molecule has 2 aromatic rings. The van der Waals surface area contributed by atoms with Gasteiger partial charge >= 0.3 is 0 Å². The summed E-state index contributed by atoms with van der Waals surface area (Å²) in [5, 5.41) is 0.156. The van der Waals surface area contributed by atoms with Crippen LogP contribution in [0.1, 0.15) is 6.42 Å². The summed E-state index contributed by atoms with van der Waals surface area (Å²) in [7, 11) is 3.03. The van der Waals surface area contributed by atoms with Gasteiger partial charge in [-0.15, -0.1) is 11.8 Å². The fourth-order valence-electron chi connectivity index (χ4n) is 2.60. The Morgan fingerprint density at radius 3 is 2.44 bits per heavy atom. The largest absolute Gasteiger partial charge is 0.497 e. The summed E-state index contributed by atoms with van der Waals surface area (Å²) in [4.78, 5) is 27.3. The number of nitrogens with zero attached hydrogens (tertiary/aromatic N) is 1. The number of anilines is 1. The van der Waals surface area contributed by atoms with Gasteiger partial charge in [-0.05, 0) is 36.4 Å². The smallest absolute Gasteiger partial charge is 0.247 e. The molecule has 0 N–H and O–H groups in total. The Morgan fingerprint density at radius 1 is 1.08 bits per heavy atom. The lowest BCUT2D eigenvalue weighted by Crippen LogP contribution is -2.31. The molecule has 2 amide bonds. The Morgan fingerprint density at radius 2 is 1.80 bits per heavy atom. The minimum absolute atomic E-state index is 0.140. The number of ether oxygens (including phenoxy) is 2. The molecule has 0 saturated carbocycles. The molecule has 0 aliphatic carbocycles. The third-order valence-corrected chi connectivity index (χ3v) is 5.27. The van der Waals surface area contributed by atoms with Crippen LogP contribution in [0.2, 0.25) is 5.02 Å². The van der Waals surface area contributed by atoms with E-state index in [0.717, 1.165) is 4.90 Å². The molecular formula is C18H16ClNO4S. The second-order valence-electron chi connectivity index (χ2n) is 5.37. The fraction of sp³-hybridized carbons (Fsp3) is 0.222. The number of carbonyl (C=O) groups is 2. The number of imide groups is 1. The van der Waals surface area contributed by atoms with Crippen LogP contribution in [-0.2, 0) is 9.59 Å². The minimum Gasteiger partial charge on any atom is -0.497 e. The number of halogens is 1. The molecule has 0 aromatic heterocycles. The molecule has 0 spiro atoms. The number of hydrogen-bond acceptors (Lipinski definition) is 5. The molecule has 25 heavy (non-hydrogen) atoms. The zero-order chi connectivity index (χ0) is 18.0. The maximum atomic E-state index is 12.8. The van der Waals surface area contributed by atoms with Crippen LogP contribution in [-0.4, -0.2) is 31.3 Å². The van der Waals surface area contributed by atoms with Gasteiger partial charge in [0.2, 0.25) is 11.8 Å². The minimum atomic E-state index is -0.472. The number of methoxy groups -OCH3 is 2. The summed E-state index contributed by atoms with van der Waals surface area (Å²) in [5.41, 5.74) is 0.428. The highest BCUT2D eigenvalue weighted by Gasteiger charge is 2.41. The molecule has 5 nitrogen and oxygen atoms in total. The molecule has 1 aliphatic heterocycles. The molecule has 1 aliphatic rings. The summed E-state index contributed by atoms with van der Waals surface area (Å²) in [6, 6.07) is 12.2. The predicted octanol–water partition coefficient (Wildman–Crippen LogP) is 3.78. The van der Waals surface area contributed by atoms with E-state index in [4.69, 9.17) is 21.1 Å². The van der Waals surface area contributed by atoms with Gasteiger partial charge in [0.05, 0.1) is 25.2 Å². The summed E-state index contributed by atoms with van der Waals surface area (Å²) < 4.78 is 10.5. The van der Waals surface area contributed by atoms with Crippen molar-refractivity contribution in [2.24, 2.45) is 0 Å². The van der Waals surface area contributed by atoms with Gasteiger partial charge in [0.15, 0.2) is 0 Å². The standard InChI is InChI=1S/C18H16ClNO4S/c1-23-12-5-8-14(15(9-12)24-2)20-17(21)10-16(18(20)22)25-13-6-3-11(19)4-7-13/h3-9,16H,10H2,1-2H3/t16-/m0/s1. The highest BCUT2D eigenvalue weighted by Crippen LogP contribution is 2.39. The molecule has 7 heteroatoms. The molecule has 3 rings (SSSR count). The number of hydrogen-bond donors (Lipinski definition) is 0. The summed E-state index contributed by atoms with van der Waals surface area (Å²) in [6.07, 6.45) is 0.140. The van der Waals surface area contributed by atoms with E-state index < -0.39 is 5.25 Å². The van der Waals surface area contributed by atoms with Crippen molar-refractivity contribution in [1.29, 1.82) is 0 Å². The zero-order valence-corrected chi connectivity index (χ0v) is 15.3. The van der Waals surface area contributed by atoms with Gasteiger partial charge in [0.1, 0.15) is 11.5 Å². The van der Waals surface area contributed by atoms with Crippen LogP contribution >= 0.6 is 23.4 Å². The number of rotatable bonds is 5. The summed E-state index contributed by atoms with van der Waals surface area (Å²) >= 11 is 7.23. The average molecular weight is 378 g/mol. The molecule has 1 fully saturated rings. The molecule has 0 unspecified atom stereocenters. The van der Waals surface area contributed by atoms with Crippen molar-refractivity contribution in [2.45, 2.75) is 16.6 Å². The summed E-state index contributed by atoms with van der Waals surface area (Å²) in [6.45, 7) is 0. The lowest BCUT2D eigenvalue weighted by molar-refractivity contribution is -0.121. The Kier molecular flexibility index (Phi) is 5.20. The van der Waals surface area contributed by atoms with Crippen molar-refractivity contribution in [3.05, 3.63) is 47.5 Å². The van der Waals surface area contributed by atoms with Crippen LogP contribution in [0, 0.1) is 0 Å². The Labute approximate surface area is 154 Å². The van der Waals surface area contributed by atoms with Crippen molar-refractivity contribution in [2.75, 3.05) is 19.1 Å². The van der Waals surface area contributed by atoms with Gasteiger partial charge in [0.25, 0.3) is 0 Å². The van der Waals surface area contributed by atoms with Crippen molar-refractivity contribution >= 4 is 40.9 Å². The molecule has 2 aromatic carbocycles. The second kappa shape index (κ2) is 7.37. The van der Waals surface area contributed by atoms with Crippen LogP contribution < -0.4 is 14.4 Å². The first-order chi connectivity index (χ1) is 12.0. The van der Waals surface area contributed by atoms with Crippen LogP contribution in [0.25, 0.3) is 0 Å². The lowest BCUT2D eigenvalue weighted by atomic mass is 10.2. The SMILES string of the molecule is COc1ccc(N2C(=O)C[C@H](Sc3ccc(Cl)cc3)C2=O)c(OC)c1. The van der Waals surface area contributed by atoms with E-state index in [2.05, 4.69) is 0 Å². The normalized spacial score (nSPS) is 17.1. The quantitative estimate of drug-likeness (QED) is 0.742. The second-order valence-corrected chi connectivity index (χ2v) is 7.08. The first-order valence-electron chi connectivity index (χ1n) is 7.54. The van der Waals surface area contributed by atoms with E-state index in [1.54, 1.807) is 37.4 Å². The van der Waals surface area contributed by atoms with E-state index >= 15 is 0 Å². The van der Waals surface area contributed by atoms with E-state index in [1.165, 1.54) is 23.8 Å². The predicted molar refractivity (Wildman–Crippen MR) is 97.8 cm³/mol. The van der Waals surface area contributed by atoms with Crippen molar-refractivity contribution < 1.29 is 19.1 Å². The van der Waals surface area contributed by atoms with Crippen LogP contribution in [0.5, 0.6) is 11.5 Å². The first-order valence-corrected chi connectivity index (χ1v) is 8.80. The van der Waals surface area contributed by atoms with Crippen LogP contribution in [0.3, 0.4) is 0 Å². The van der Waals surface area contributed by atoms with Crippen LogP contribution in [0.4, 0.5) is 5.69 Å². The molecular weight excluding hydrogens is 362 g/mol. The van der Waals surface area contributed by atoms with E-state index in [-0.39, 0.29) is 18.2 Å². The molecule has 1 atom stereocenters.